The van der Waals surface area contributed by atoms with Crippen LogP contribution in [0, 0.1) is 0 Å². The van der Waals surface area contributed by atoms with E-state index in [2.05, 4.69) is 15.9 Å². The van der Waals surface area contributed by atoms with Crippen LogP contribution in [0.25, 0.3) is 11.1 Å². The molecule has 1 aromatic heterocycles. The number of aromatic nitrogens is 2. The van der Waals surface area contributed by atoms with Crippen LogP contribution >= 0.6 is 11.8 Å². The molecule has 2 aromatic carbocycles. The van der Waals surface area contributed by atoms with Gasteiger partial charge in [0.2, 0.25) is 0 Å². The highest BCUT2D eigenvalue weighted by molar-refractivity contribution is 7.99. The second-order valence-electron chi connectivity index (χ2n) is 10.3. The number of carbonyl (C=O) groups is 2. The summed E-state index contributed by atoms with van der Waals surface area (Å²) in [5, 5.41) is 0.751. The Hall–Kier alpha value is -3.64. The van der Waals surface area contributed by atoms with Crippen LogP contribution in [-0.4, -0.2) is 74.2 Å². The zero-order chi connectivity index (χ0) is 32.1. The molecule has 0 saturated heterocycles. The lowest BCUT2D eigenvalue weighted by Gasteiger charge is -2.14. The van der Waals surface area contributed by atoms with Crippen LogP contribution in [0.15, 0.2) is 62.9 Å². The summed E-state index contributed by atoms with van der Waals surface area (Å²) in [5.41, 5.74) is 2.61. The van der Waals surface area contributed by atoms with Gasteiger partial charge in [-0.2, -0.15) is 8.42 Å². The number of sulfonamides is 1. The van der Waals surface area contributed by atoms with E-state index in [4.69, 9.17) is 14.5 Å². The molecule has 238 valence electrons. The summed E-state index contributed by atoms with van der Waals surface area (Å²) in [6, 6.07) is 14.5. The van der Waals surface area contributed by atoms with Crippen molar-refractivity contribution in [2.24, 2.45) is 4.40 Å². The maximum atomic E-state index is 13.0. The number of unbranched alkanes of at least 4 members (excludes halogenated alkanes) is 2. The van der Waals surface area contributed by atoms with E-state index in [1.807, 2.05) is 24.3 Å². The van der Waals surface area contributed by atoms with Crippen molar-refractivity contribution in [1.82, 2.24) is 14.5 Å². The van der Waals surface area contributed by atoms with Gasteiger partial charge in [-0.3, -0.25) is 4.79 Å². The molecule has 3 aromatic rings. The first kappa shape index (κ1) is 34.8. The van der Waals surface area contributed by atoms with Crippen LogP contribution < -0.4 is 0 Å². The number of thioether (sulfide) groups is 1. The van der Waals surface area contributed by atoms with Gasteiger partial charge < -0.3 is 18.9 Å². The number of benzene rings is 2. The number of ether oxygens (including phenoxy) is 2. The fourth-order valence-corrected chi connectivity index (χ4v) is 6.63. The van der Waals surface area contributed by atoms with Crippen molar-refractivity contribution < 1.29 is 27.5 Å². The molecule has 0 aliphatic carbocycles. The van der Waals surface area contributed by atoms with E-state index >= 15 is 0 Å². The minimum absolute atomic E-state index is 0.133. The SMILES string of the molecule is CCCCc1nc(C(=O)OCC)c(SCCCCOC(C)=O)n1Cc1ccc(-c2ccccc2S(=O)(=O)/N=C/N(C)C)cc1. The molecular formula is C32H42N4O6S2. The largest absolute Gasteiger partial charge is 0.466 e. The molecule has 0 amide bonds. The summed E-state index contributed by atoms with van der Waals surface area (Å²) >= 11 is 1.55. The number of hydrogen-bond acceptors (Lipinski definition) is 8. The molecule has 0 unspecified atom stereocenters. The first-order valence-corrected chi connectivity index (χ1v) is 17.2. The molecule has 0 atom stereocenters. The number of carbonyl (C=O) groups excluding carboxylic acids is 2. The summed E-state index contributed by atoms with van der Waals surface area (Å²) in [7, 11) is -0.475. The van der Waals surface area contributed by atoms with Crippen molar-refractivity contribution in [3.05, 3.63) is 65.6 Å². The van der Waals surface area contributed by atoms with Gasteiger partial charge in [0.15, 0.2) is 5.69 Å². The molecule has 44 heavy (non-hydrogen) atoms. The Balaban J connectivity index is 1.93. The molecule has 0 fully saturated rings. The van der Waals surface area contributed by atoms with Gasteiger partial charge in [0.05, 0.1) is 18.1 Å². The lowest BCUT2D eigenvalue weighted by Crippen LogP contribution is -2.10. The van der Waals surface area contributed by atoms with E-state index in [9.17, 15) is 18.0 Å². The smallest absolute Gasteiger partial charge is 0.359 e. The lowest BCUT2D eigenvalue weighted by atomic mass is 10.0. The molecule has 12 heteroatoms. The summed E-state index contributed by atoms with van der Waals surface area (Å²) in [4.78, 5) is 30.5. The Morgan fingerprint density at radius 2 is 1.75 bits per heavy atom. The average Bonchev–Trinajstić information content (AvgIpc) is 3.33. The Kier molecular flexibility index (Phi) is 13.5. The van der Waals surface area contributed by atoms with E-state index < -0.39 is 16.0 Å². The lowest BCUT2D eigenvalue weighted by molar-refractivity contribution is -0.141. The number of rotatable bonds is 17. The second kappa shape index (κ2) is 17.0. The quantitative estimate of drug-likeness (QED) is 0.0589. The molecule has 1 heterocycles. The number of nitrogens with zero attached hydrogens (tertiary/aromatic N) is 4. The highest BCUT2D eigenvalue weighted by atomic mass is 32.2. The molecule has 0 aliphatic rings. The summed E-state index contributed by atoms with van der Waals surface area (Å²) in [6.45, 7) is 6.37. The maximum Gasteiger partial charge on any atom is 0.359 e. The first-order chi connectivity index (χ1) is 21.1. The topological polar surface area (TPSA) is 120 Å². The van der Waals surface area contributed by atoms with E-state index in [1.165, 1.54) is 13.3 Å². The molecule has 10 nitrogen and oxygen atoms in total. The highest BCUT2D eigenvalue weighted by Gasteiger charge is 2.24. The molecule has 3 rings (SSSR count). The highest BCUT2D eigenvalue weighted by Crippen LogP contribution is 2.31. The normalized spacial score (nSPS) is 11.6. The average molecular weight is 643 g/mol. The zero-order valence-electron chi connectivity index (χ0n) is 26.1. The van der Waals surface area contributed by atoms with Crippen molar-refractivity contribution in [2.45, 2.75) is 69.3 Å². The molecule has 0 N–H and O–H groups in total. The Morgan fingerprint density at radius 3 is 2.41 bits per heavy atom. The van der Waals surface area contributed by atoms with Gasteiger partial charge in [-0.25, -0.2) is 9.78 Å². The minimum atomic E-state index is -3.90. The van der Waals surface area contributed by atoms with E-state index in [1.54, 1.807) is 61.9 Å². The van der Waals surface area contributed by atoms with E-state index in [0.717, 1.165) is 47.7 Å². The Morgan fingerprint density at radius 1 is 1.02 bits per heavy atom. The standard InChI is InChI=1S/C32H42N4O6S2/c1-6-8-15-29-34-30(32(38)41-7-2)31(43-21-12-11-20-42-24(3)37)36(29)22-25-16-18-26(19-17-25)27-13-9-10-14-28(27)44(39,40)33-23-35(4)5/h9-10,13-14,16-19,23H,6-8,11-12,15,20-22H2,1-5H3/b33-23+. The first-order valence-electron chi connectivity index (χ1n) is 14.7. The summed E-state index contributed by atoms with van der Waals surface area (Å²) in [5.74, 6) is 0.788. The van der Waals surface area contributed by atoms with Gasteiger partial charge in [0.25, 0.3) is 10.0 Å². The van der Waals surface area contributed by atoms with Crippen molar-refractivity contribution in [1.29, 1.82) is 0 Å². The number of hydrogen-bond donors (Lipinski definition) is 0. The monoisotopic (exact) mass is 642 g/mol. The fraction of sp³-hybridized carbons (Fsp3) is 0.438. The minimum Gasteiger partial charge on any atom is -0.466 e. The number of esters is 2. The fourth-order valence-electron chi connectivity index (χ4n) is 4.35. The van der Waals surface area contributed by atoms with Gasteiger partial charge in [0, 0.05) is 39.5 Å². The van der Waals surface area contributed by atoms with Crippen molar-refractivity contribution in [2.75, 3.05) is 33.1 Å². The van der Waals surface area contributed by atoms with E-state index in [0.29, 0.717) is 36.6 Å². The van der Waals surface area contributed by atoms with Crippen LogP contribution in [0.2, 0.25) is 0 Å². The van der Waals surface area contributed by atoms with Crippen molar-refractivity contribution in [3.63, 3.8) is 0 Å². The van der Waals surface area contributed by atoms with Crippen LogP contribution in [-0.2, 0) is 37.3 Å². The second-order valence-corrected chi connectivity index (χ2v) is 13.0. The third-order valence-corrected chi connectivity index (χ3v) is 8.96. The predicted octanol–water partition coefficient (Wildman–Crippen LogP) is 5.83. The zero-order valence-corrected chi connectivity index (χ0v) is 27.7. The summed E-state index contributed by atoms with van der Waals surface area (Å²) < 4.78 is 42.3. The number of imidazole rings is 1. The van der Waals surface area contributed by atoms with Gasteiger partial charge >= 0.3 is 11.9 Å². The van der Waals surface area contributed by atoms with Gasteiger partial charge in [0.1, 0.15) is 17.2 Å². The van der Waals surface area contributed by atoms with Crippen molar-refractivity contribution >= 4 is 40.1 Å². The van der Waals surface area contributed by atoms with Gasteiger partial charge in [-0.15, -0.1) is 16.2 Å². The number of aryl methyl sites for hydroxylation is 1. The predicted molar refractivity (Wildman–Crippen MR) is 174 cm³/mol. The van der Waals surface area contributed by atoms with Gasteiger partial charge in [-0.1, -0.05) is 55.8 Å². The van der Waals surface area contributed by atoms with Crippen LogP contribution in [0.4, 0.5) is 0 Å². The molecule has 0 aliphatic heterocycles. The van der Waals surface area contributed by atoms with Crippen LogP contribution in [0.5, 0.6) is 0 Å². The molecule has 0 bridgehead atoms. The van der Waals surface area contributed by atoms with Crippen LogP contribution in [0.1, 0.15) is 68.3 Å². The molecule has 0 spiro atoms. The summed E-state index contributed by atoms with van der Waals surface area (Å²) in [6.07, 6.45) is 5.41. The Bertz CT molecular complexity index is 1530. The van der Waals surface area contributed by atoms with Crippen LogP contribution in [0.3, 0.4) is 0 Å². The molecular weight excluding hydrogens is 601 g/mol. The Labute approximate surface area is 264 Å². The maximum absolute atomic E-state index is 13.0. The third kappa shape index (κ3) is 9.95. The molecule has 0 saturated carbocycles. The van der Waals surface area contributed by atoms with Crippen molar-refractivity contribution in [3.8, 4) is 11.1 Å². The van der Waals surface area contributed by atoms with Gasteiger partial charge in [-0.05, 0) is 49.1 Å². The third-order valence-electron chi connectivity index (χ3n) is 6.49. The molecule has 0 radical (unpaired) electrons. The van der Waals surface area contributed by atoms with E-state index in [-0.39, 0.29) is 17.5 Å².